The molecule has 0 saturated carbocycles. The summed E-state index contributed by atoms with van der Waals surface area (Å²) in [5.74, 6) is -3.36. The molecular formula is C14H14F3NO. The Kier molecular flexibility index (Phi) is 4.27. The fourth-order valence-corrected chi connectivity index (χ4v) is 1.83. The van der Waals surface area contributed by atoms with Crippen LogP contribution in [0.4, 0.5) is 13.2 Å². The fraction of sp³-hybridized carbons (Fsp3) is 0.286. The minimum absolute atomic E-state index is 0.000878. The highest BCUT2D eigenvalue weighted by molar-refractivity contribution is 5.66. The molecule has 0 fully saturated rings. The summed E-state index contributed by atoms with van der Waals surface area (Å²) in [6.45, 7) is 3.22. The van der Waals surface area contributed by atoms with Crippen molar-refractivity contribution in [3.05, 3.63) is 47.7 Å². The van der Waals surface area contributed by atoms with E-state index in [2.05, 4.69) is 5.32 Å². The van der Waals surface area contributed by atoms with E-state index < -0.39 is 17.5 Å². The van der Waals surface area contributed by atoms with Crippen LogP contribution in [0.5, 0.6) is 0 Å². The normalized spacial score (nSPS) is 10.9. The van der Waals surface area contributed by atoms with E-state index in [0.717, 1.165) is 19.0 Å². The van der Waals surface area contributed by atoms with Crippen LogP contribution in [0.1, 0.15) is 19.1 Å². The van der Waals surface area contributed by atoms with Crippen molar-refractivity contribution in [3.63, 3.8) is 0 Å². The van der Waals surface area contributed by atoms with Crippen molar-refractivity contribution in [1.82, 2.24) is 5.32 Å². The summed E-state index contributed by atoms with van der Waals surface area (Å²) >= 11 is 0. The molecule has 0 atom stereocenters. The Morgan fingerprint density at radius 2 is 1.84 bits per heavy atom. The van der Waals surface area contributed by atoms with Crippen molar-refractivity contribution in [2.75, 3.05) is 6.54 Å². The summed E-state index contributed by atoms with van der Waals surface area (Å²) in [6.07, 6.45) is 2.36. The Morgan fingerprint density at radius 3 is 2.58 bits per heavy atom. The molecule has 2 rings (SSSR count). The number of hydrogen-bond donors (Lipinski definition) is 1. The molecule has 1 aromatic heterocycles. The van der Waals surface area contributed by atoms with Gasteiger partial charge in [0.25, 0.3) is 0 Å². The zero-order chi connectivity index (χ0) is 13.8. The molecule has 0 unspecified atom stereocenters. The van der Waals surface area contributed by atoms with Gasteiger partial charge in [-0.3, -0.25) is 0 Å². The molecule has 19 heavy (non-hydrogen) atoms. The largest absolute Gasteiger partial charge is 0.467 e. The predicted molar refractivity (Wildman–Crippen MR) is 66.0 cm³/mol. The van der Waals surface area contributed by atoms with Gasteiger partial charge in [0.15, 0.2) is 17.5 Å². The molecule has 1 heterocycles. The third-order valence-electron chi connectivity index (χ3n) is 2.78. The van der Waals surface area contributed by atoms with Crippen LogP contribution in [0.2, 0.25) is 0 Å². The van der Waals surface area contributed by atoms with Crippen molar-refractivity contribution in [3.8, 4) is 11.1 Å². The van der Waals surface area contributed by atoms with Crippen LogP contribution >= 0.6 is 0 Å². The van der Waals surface area contributed by atoms with E-state index in [-0.39, 0.29) is 5.56 Å². The standard InChI is InChI=1S/C14H14F3NO/c1-2-6-18-8-12-9(5-7-19-12)10-3-4-11(15)14(17)13(10)16/h3-5,7,18H,2,6,8H2,1H3. The Balaban J connectivity index is 2.32. The SMILES string of the molecule is CCCNCc1occc1-c1ccc(F)c(F)c1F. The maximum atomic E-state index is 13.7. The van der Waals surface area contributed by atoms with Crippen LogP contribution in [0.15, 0.2) is 28.9 Å². The second kappa shape index (κ2) is 5.93. The lowest BCUT2D eigenvalue weighted by atomic mass is 10.1. The minimum atomic E-state index is -1.47. The molecule has 1 aromatic carbocycles. The van der Waals surface area contributed by atoms with E-state index in [9.17, 15) is 13.2 Å². The summed E-state index contributed by atoms with van der Waals surface area (Å²) in [5.41, 5.74) is 0.431. The van der Waals surface area contributed by atoms with Crippen molar-refractivity contribution in [1.29, 1.82) is 0 Å². The molecule has 0 aliphatic rings. The lowest BCUT2D eigenvalue weighted by molar-refractivity contribution is 0.448. The zero-order valence-electron chi connectivity index (χ0n) is 10.5. The van der Waals surface area contributed by atoms with Gasteiger partial charge in [0, 0.05) is 11.1 Å². The predicted octanol–water partition coefficient (Wildman–Crippen LogP) is 3.86. The van der Waals surface area contributed by atoms with Gasteiger partial charge in [0.05, 0.1) is 12.8 Å². The Bertz CT molecular complexity index is 566. The molecule has 102 valence electrons. The number of benzene rings is 1. The summed E-state index contributed by atoms with van der Waals surface area (Å²) in [5, 5.41) is 3.11. The number of hydrogen-bond acceptors (Lipinski definition) is 2. The van der Waals surface area contributed by atoms with E-state index in [4.69, 9.17) is 4.42 Å². The van der Waals surface area contributed by atoms with Crippen molar-refractivity contribution in [2.45, 2.75) is 19.9 Å². The number of furan rings is 1. The summed E-state index contributed by atoms with van der Waals surface area (Å²) in [4.78, 5) is 0. The van der Waals surface area contributed by atoms with Crippen LogP contribution in [0.3, 0.4) is 0 Å². The first-order valence-electron chi connectivity index (χ1n) is 6.06. The van der Waals surface area contributed by atoms with E-state index in [1.54, 1.807) is 6.07 Å². The molecule has 5 heteroatoms. The second-order valence-electron chi connectivity index (χ2n) is 4.16. The first-order chi connectivity index (χ1) is 9.15. The van der Waals surface area contributed by atoms with E-state index >= 15 is 0 Å². The van der Waals surface area contributed by atoms with Gasteiger partial charge in [-0.2, -0.15) is 0 Å². The minimum Gasteiger partial charge on any atom is -0.467 e. The number of rotatable bonds is 5. The molecule has 0 spiro atoms. The van der Waals surface area contributed by atoms with Gasteiger partial charge < -0.3 is 9.73 Å². The lowest BCUT2D eigenvalue weighted by Crippen LogP contribution is -2.13. The highest BCUT2D eigenvalue weighted by Gasteiger charge is 2.18. The smallest absolute Gasteiger partial charge is 0.195 e. The van der Waals surface area contributed by atoms with E-state index in [0.29, 0.717) is 17.9 Å². The van der Waals surface area contributed by atoms with Crippen LogP contribution < -0.4 is 5.32 Å². The maximum absolute atomic E-state index is 13.7. The third kappa shape index (κ3) is 2.81. The maximum Gasteiger partial charge on any atom is 0.195 e. The van der Waals surface area contributed by atoms with Gasteiger partial charge in [-0.15, -0.1) is 0 Å². The molecular weight excluding hydrogens is 255 g/mol. The number of nitrogens with one attached hydrogen (secondary N) is 1. The Labute approximate surface area is 109 Å². The van der Waals surface area contributed by atoms with Crippen molar-refractivity contribution >= 4 is 0 Å². The van der Waals surface area contributed by atoms with Gasteiger partial charge in [0.1, 0.15) is 5.76 Å². The van der Waals surface area contributed by atoms with Crippen molar-refractivity contribution < 1.29 is 17.6 Å². The third-order valence-corrected chi connectivity index (χ3v) is 2.78. The first-order valence-corrected chi connectivity index (χ1v) is 6.06. The second-order valence-corrected chi connectivity index (χ2v) is 4.16. The van der Waals surface area contributed by atoms with Gasteiger partial charge >= 0.3 is 0 Å². The van der Waals surface area contributed by atoms with Crippen LogP contribution in [0, 0.1) is 17.5 Å². The summed E-state index contributed by atoms with van der Waals surface area (Å²) < 4.78 is 45.1. The van der Waals surface area contributed by atoms with Gasteiger partial charge in [-0.25, -0.2) is 13.2 Å². The molecule has 2 nitrogen and oxygen atoms in total. The zero-order valence-corrected chi connectivity index (χ0v) is 10.5. The van der Waals surface area contributed by atoms with Crippen molar-refractivity contribution in [2.24, 2.45) is 0 Å². The first kappa shape index (κ1) is 13.7. The molecule has 0 radical (unpaired) electrons. The molecule has 2 aromatic rings. The Hall–Kier alpha value is -1.75. The van der Waals surface area contributed by atoms with Gasteiger partial charge in [0.2, 0.25) is 0 Å². The number of halogens is 3. The highest BCUT2D eigenvalue weighted by Crippen LogP contribution is 2.29. The lowest BCUT2D eigenvalue weighted by Gasteiger charge is -2.06. The van der Waals surface area contributed by atoms with E-state index in [1.165, 1.54) is 12.3 Å². The molecule has 0 bridgehead atoms. The van der Waals surface area contributed by atoms with Crippen LogP contribution in [-0.2, 0) is 6.54 Å². The molecule has 0 saturated heterocycles. The molecule has 1 N–H and O–H groups in total. The average Bonchev–Trinajstić information content (AvgIpc) is 2.85. The summed E-state index contributed by atoms with van der Waals surface area (Å²) in [7, 11) is 0. The van der Waals surface area contributed by atoms with E-state index in [1.807, 2.05) is 6.92 Å². The van der Waals surface area contributed by atoms with Crippen LogP contribution in [0.25, 0.3) is 11.1 Å². The molecule has 0 amide bonds. The van der Waals surface area contributed by atoms with Gasteiger partial charge in [-0.1, -0.05) is 6.92 Å². The summed E-state index contributed by atoms with van der Waals surface area (Å²) in [6, 6.07) is 3.66. The quantitative estimate of drug-likeness (QED) is 0.658. The molecule has 0 aliphatic carbocycles. The molecule has 0 aliphatic heterocycles. The van der Waals surface area contributed by atoms with Gasteiger partial charge in [-0.05, 0) is 31.2 Å². The monoisotopic (exact) mass is 269 g/mol. The highest BCUT2D eigenvalue weighted by atomic mass is 19.2. The average molecular weight is 269 g/mol. The van der Waals surface area contributed by atoms with Crippen LogP contribution in [-0.4, -0.2) is 6.54 Å². The Morgan fingerprint density at radius 1 is 1.05 bits per heavy atom. The fourth-order valence-electron chi connectivity index (χ4n) is 1.83. The topological polar surface area (TPSA) is 25.2 Å².